The number of hydrogen-bond donors (Lipinski definition) is 1. The van der Waals surface area contributed by atoms with Crippen molar-refractivity contribution in [3.8, 4) is 0 Å². The van der Waals surface area contributed by atoms with E-state index in [0.717, 1.165) is 0 Å². The molecule has 1 unspecified atom stereocenters. The van der Waals surface area contributed by atoms with Gasteiger partial charge in [0.1, 0.15) is 0 Å². The van der Waals surface area contributed by atoms with Gasteiger partial charge in [-0.2, -0.15) is 35.1 Å². The van der Waals surface area contributed by atoms with Crippen LogP contribution >= 0.6 is 0 Å². The second kappa shape index (κ2) is 4.63. The number of ether oxygens (including phenoxy) is 1. The number of primary amides is 1. The first kappa shape index (κ1) is 17.6. The summed E-state index contributed by atoms with van der Waals surface area (Å²) in [5.41, 5.74) is 3.91. The van der Waals surface area contributed by atoms with Crippen LogP contribution in [0.25, 0.3) is 0 Å². The normalized spacial score (nSPS) is 16.1. The number of halogens is 9. The first-order valence-electron chi connectivity index (χ1n) is 4.25. The molecule has 1 atom stereocenters. The zero-order valence-electron chi connectivity index (χ0n) is 8.87. The number of carbonyl (C=O) groups excluding carboxylic acids is 1. The smallest absolute Gasteiger partial charge is 0.379 e. The van der Waals surface area contributed by atoms with Gasteiger partial charge < -0.3 is 10.5 Å². The molecule has 114 valence electrons. The average Bonchev–Trinajstić information content (AvgIpc) is 2.14. The molecule has 0 rings (SSSR count). The van der Waals surface area contributed by atoms with Gasteiger partial charge in [-0.05, 0) is 6.92 Å². The van der Waals surface area contributed by atoms with Crippen molar-refractivity contribution in [2.45, 2.75) is 37.0 Å². The molecule has 0 heterocycles. The number of alkyl halides is 9. The number of amides is 1. The van der Waals surface area contributed by atoms with E-state index in [-0.39, 0.29) is 6.92 Å². The number of carbonyl (C=O) groups is 1. The van der Waals surface area contributed by atoms with Gasteiger partial charge in [0.05, 0.1) is 0 Å². The fraction of sp³-hybridized carbons (Fsp3) is 0.857. The van der Waals surface area contributed by atoms with Gasteiger partial charge in [0, 0.05) is 0 Å². The average molecular weight is 307 g/mol. The maximum Gasteiger partial charge on any atom is 0.474 e. The number of rotatable bonds is 5. The first-order valence-corrected chi connectivity index (χ1v) is 4.25. The zero-order chi connectivity index (χ0) is 15.9. The van der Waals surface area contributed by atoms with E-state index in [0.29, 0.717) is 0 Å². The Morgan fingerprint density at radius 1 is 1.00 bits per heavy atom. The summed E-state index contributed by atoms with van der Waals surface area (Å²) in [4.78, 5) is 9.85. The van der Waals surface area contributed by atoms with Gasteiger partial charge in [0.2, 0.25) is 0 Å². The Morgan fingerprint density at radius 2 is 1.37 bits per heavy atom. The van der Waals surface area contributed by atoms with Gasteiger partial charge in [-0.25, -0.2) is 9.18 Å². The van der Waals surface area contributed by atoms with E-state index in [9.17, 15) is 44.3 Å². The molecule has 3 nitrogen and oxygen atoms in total. The summed E-state index contributed by atoms with van der Waals surface area (Å²) in [6, 6.07) is 0. The maximum atomic E-state index is 12.7. The second-order valence-electron chi connectivity index (χ2n) is 3.33. The first-order chi connectivity index (χ1) is 8.11. The van der Waals surface area contributed by atoms with E-state index >= 15 is 0 Å². The monoisotopic (exact) mass is 307 g/mol. The molecule has 0 aliphatic rings. The van der Waals surface area contributed by atoms with Crippen LogP contribution in [0.1, 0.15) is 6.92 Å². The van der Waals surface area contributed by atoms with E-state index in [2.05, 4.69) is 10.5 Å². The predicted molar refractivity (Wildman–Crippen MR) is 41.0 cm³/mol. The molecular weight excluding hydrogens is 301 g/mol. The molecule has 0 aromatic heterocycles. The van der Waals surface area contributed by atoms with Crippen molar-refractivity contribution in [1.29, 1.82) is 0 Å². The van der Waals surface area contributed by atoms with Gasteiger partial charge in [-0.3, -0.25) is 0 Å². The van der Waals surface area contributed by atoms with Crippen molar-refractivity contribution in [2.24, 2.45) is 5.73 Å². The summed E-state index contributed by atoms with van der Waals surface area (Å²) in [6.07, 6.45) is -12.9. The lowest BCUT2D eigenvalue weighted by atomic mass is 10.0. The summed E-state index contributed by atoms with van der Waals surface area (Å²) in [6.45, 7) is -0.239. The van der Waals surface area contributed by atoms with Gasteiger partial charge in [0.15, 0.2) is 6.17 Å². The highest BCUT2D eigenvalue weighted by molar-refractivity contribution is 5.65. The molecule has 0 aliphatic heterocycles. The molecule has 0 spiro atoms. The van der Waals surface area contributed by atoms with Crippen molar-refractivity contribution in [3.05, 3.63) is 0 Å². The molecular formula is C7H6F9NO2. The highest BCUT2D eigenvalue weighted by Gasteiger charge is 2.83. The minimum atomic E-state index is -6.89. The Labute approximate surface area is 99.0 Å². The van der Waals surface area contributed by atoms with E-state index in [1.165, 1.54) is 0 Å². The van der Waals surface area contributed by atoms with Crippen LogP contribution in [0.3, 0.4) is 0 Å². The van der Waals surface area contributed by atoms with Crippen LogP contribution in [0.4, 0.5) is 44.3 Å². The minimum Gasteiger partial charge on any atom is -0.379 e. The SMILES string of the molecule is CC(F)C(F)(F)C(F)(F)C(F)(F)C(F)(F)OC(N)=O. The fourth-order valence-electron chi connectivity index (χ4n) is 0.832. The molecule has 0 fully saturated rings. The van der Waals surface area contributed by atoms with Crippen LogP contribution in [0.2, 0.25) is 0 Å². The molecule has 1 amide bonds. The lowest BCUT2D eigenvalue weighted by molar-refractivity contribution is -0.418. The third-order valence-electron chi connectivity index (χ3n) is 1.91. The van der Waals surface area contributed by atoms with Crippen molar-refractivity contribution >= 4 is 6.09 Å². The van der Waals surface area contributed by atoms with E-state index in [1.807, 2.05) is 0 Å². The van der Waals surface area contributed by atoms with Crippen LogP contribution < -0.4 is 5.73 Å². The molecule has 0 bridgehead atoms. The molecule has 0 aromatic rings. The van der Waals surface area contributed by atoms with Crippen molar-refractivity contribution in [1.82, 2.24) is 0 Å². The highest BCUT2D eigenvalue weighted by atomic mass is 19.4. The molecule has 0 aliphatic carbocycles. The van der Waals surface area contributed by atoms with Gasteiger partial charge >= 0.3 is 30.0 Å². The fourth-order valence-corrected chi connectivity index (χ4v) is 0.832. The third kappa shape index (κ3) is 2.66. The predicted octanol–water partition coefficient (Wildman–Crippen LogP) is 2.94. The number of nitrogens with two attached hydrogens (primary N) is 1. The van der Waals surface area contributed by atoms with Gasteiger partial charge in [-0.15, -0.1) is 0 Å². The molecule has 2 N–H and O–H groups in total. The molecule has 12 heteroatoms. The summed E-state index contributed by atoms with van der Waals surface area (Å²) in [5, 5.41) is 0. The summed E-state index contributed by atoms with van der Waals surface area (Å²) in [7, 11) is 0. The van der Waals surface area contributed by atoms with Crippen LogP contribution in [-0.2, 0) is 4.74 Å². The zero-order valence-corrected chi connectivity index (χ0v) is 8.87. The molecule has 0 saturated carbocycles. The van der Waals surface area contributed by atoms with Gasteiger partial charge in [-0.1, -0.05) is 0 Å². The lowest BCUT2D eigenvalue weighted by Gasteiger charge is -2.35. The molecule has 0 radical (unpaired) electrons. The molecule has 19 heavy (non-hydrogen) atoms. The van der Waals surface area contributed by atoms with E-state index in [1.54, 1.807) is 0 Å². The third-order valence-corrected chi connectivity index (χ3v) is 1.91. The van der Waals surface area contributed by atoms with Crippen molar-refractivity contribution in [2.75, 3.05) is 0 Å². The second-order valence-corrected chi connectivity index (χ2v) is 3.33. The minimum absolute atomic E-state index is 0.239. The quantitative estimate of drug-likeness (QED) is 0.794. The Bertz CT molecular complexity index is 354. The molecule has 0 aromatic carbocycles. The Hall–Kier alpha value is -1.36. The highest BCUT2D eigenvalue weighted by Crippen LogP contribution is 2.54. The van der Waals surface area contributed by atoms with E-state index in [4.69, 9.17) is 0 Å². The summed E-state index contributed by atoms with van der Waals surface area (Å²) in [5.74, 6) is -19.9. The van der Waals surface area contributed by atoms with Crippen molar-refractivity contribution in [3.63, 3.8) is 0 Å². The Kier molecular flexibility index (Phi) is 4.30. The largest absolute Gasteiger partial charge is 0.474 e. The topological polar surface area (TPSA) is 52.3 Å². The van der Waals surface area contributed by atoms with Crippen LogP contribution in [0.5, 0.6) is 0 Å². The number of hydrogen-bond acceptors (Lipinski definition) is 2. The summed E-state index contributed by atoms with van der Waals surface area (Å²) < 4.78 is 116. The van der Waals surface area contributed by atoms with Crippen molar-refractivity contribution < 1.29 is 49.0 Å². The van der Waals surface area contributed by atoms with Crippen LogP contribution in [0.15, 0.2) is 0 Å². The maximum absolute atomic E-state index is 12.7. The van der Waals surface area contributed by atoms with Crippen LogP contribution in [-0.4, -0.2) is 36.1 Å². The van der Waals surface area contributed by atoms with E-state index < -0.39 is 36.1 Å². The standard InChI is InChI=1S/C7H6F9NO2/c1-2(8)4(9,10)5(11,12)6(13,14)7(15,16)19-3(17)18/h2H,1H3,(H2,17,18). The van der Waals surface area contributed by atoms with Crippen LogP contribution in [0, 0.1) is 0 Å². The summed E-state index contributed by atoms with van der Waals surface area (Å²) >= 11 is 0. The Morgan fingerprint density at radius 3 is 1.63 bits per heavy atom. The Balaban J connectivity index is 5.69. The molecule has 0 saturated heterocycles. The van der Waals surface area contributed by atoms with Gasteiger partial charge in [0.25, 0.3) is 0 Å². The lowest BCUT2D eigenvalue weighted by Crippen LogP contribution is -2.65.